The van der Waals surface area contributed by atoms with Gasteiger partial charge in [-0.15, -0.1) is 0 Å². The molecule has 0 radical (unpaired) electrons. The number of methoxy groups -OCH3 is 1. The SMILES string of the molecule is CC1CC2CC(CC(C)(C(N)=O)C2)C1NC=O.COc1ccccc1SNC(C)(C)C. The molecule has 5 atom stereocenters. The van der Waals surface area contributed by atoms with Gasteiger partial charge in [0, 0.05) is 17.0 Å². The summed E-state index contributed by atoms with van der Waals surface area (Å²) in [5.41, 5.74) is 5.25. The number of benzene rings is 1. The van der Waals surface area contributed by atoms with Gasteiger partial charge in [0.15, 0.2) is 0 Å². The van der Waals surface area contributed by atoms with E-state index in [1.165, 1.54) is 0 Å². The molecule has 2 saturated carbocycles. The highest BCUT2D eigenvalue weighted by molar-refractivity contribution is 7.97. The molecule has 2 aliphatic carbocycles. The van der Waals surface area contributed by atoms with Gasteiger partial charge in [0.2, 0.25) is 12.3 Å². The van der Waals surface area contributed by atoms with E-state index >= 15 is 0 Å². The summed E-state index contributed by atoms with van der Waals surface area (Å²) >= 11 is 1.60. The molecule has 1 aromatic carbocycles. The Morgan fingerprint density at radius 2 is 1.94 bits per heavy atom. The first-order chi connectivity index (χ1) is 14.5. The first-order valence-electron chi connectivity index (χ1n) is 11.1. The van der Waals surface area contributed by atoms with E-state index in [4.69, 9.17) is 10.5 Å². The van der Waals surface area contributed by atoms with Crippen LogP contribution >= 0.6 is 11.9 Å². The van der Waals surface area contributed by atoms with Crippen LogP contribution in [0.15, 0.2) is 29.2 Å². The van der Waals surface area contributed by atoms with E-state index < -0.39 is 0 Å². The van der Waals surface area contributed by atoms with E-state index in [2.05, 4.69) is 37.7 Å². The molecule has 0 aliphatic heterocycles. The van der Waals surface area contributed by atoms with Crippen molar-refractivity contribution in [2.75, 3.05) is 7.11 Å². The normalized spacial score (nSPS) is 29.9. The molecule has 31 heavy (non-hydrogen) atoms. The van der Waals surface area contributed by atoms with Crippen LogP contribution in [0.3, 0.4) is 0 Å². The third-order valence-electron chi connectivity index (χ3n) is 6.31. The number of ether oxygens (including phenoxy) is 1. The number of amides is 2. The standard InChI is InChI=1S/C13H22N2O2.C11H17NOS/c1-8-3-9-4-10(11(8)15-7-16)6-13(2,5-9)12(14)17;1-11(2,3)12-14-10-8-6-5-7-9(10)13-4/h7-11H,3-6H2,1-2H3,(H2,14,17)(H,15,16);5-8,12H,1-4H3. The third kappa shape index (κ3) is 7.14. The quantitative estimate of drug-likeness (QED) is 0.448. The van der Waals surface area contributed by atoms with E-state index in [0.29, 0.717) is 17.8 Å². The minimum Gasteiger partial charge on any atom is -0.496 e. The highest BCUT2D eigenvalue weighted by Gasteiger charge is 2.47. The van der Waals surface area contributed by atoms with Crippen LogP contribution < -0.4 is 20.5 Å². The van der Waals surface area contributed by atoms with Crippen molar-refractivity contribution in [3.8, 4) is 5.75 Å². The largest absolute Gasteiger partial charge is 0.496 e. The highest BCUT2D eigenvalue weighted by atomic mass is 32.2. The number of primary amides is 1. The number of carbonyl (C=O) groups excluding carboxylic acids is 2. The predicted molar refractivity (Wildman–Crippen MR) is 127 cm³/mol. The number of carbonyl (C=O) groups is 2. The van der Waals surface area contributed by atoms with E-state index in [-0.39, 0.29) is 22.9 Å². The fourth-order valence-electron chi connectivity index (χ4n) is 4.98. The van der Waals surface area contributed by atoms with Gasteiger partial charge in [-0.05, 0) is 88.3 Å². The second kappa shape index (κ2) is 10.7. The van der Waals surface area contributed by atoms with Gasteiger partial charge < -0.3 is 15.8 Å². The second-order valence-electron chi connectivity index (χ2n) is 10.3. The molecule has 5 unspecified atom stereocenters. The van der Waals surface area contributed by atoms with E-state index in [9.17, 15) is 9.59 Å². The zero-order chi connectivity index (χ0) is 23.2. The molecule has 174 valence electrons. The van der Waals surface area contributed by atoms with Crippen LogP contribution in [0.2, 0.25) is 0 Å². The van der Waals surface area contributed by atoms with Crippen molar-refractivity contribution in [1.29, 1.82) is 0 Å². The van der Waals surface area contributed by atoms with Crippen molar-refractivity contribution < 1.29 is 14.3 Å². The number of nitrogens with two attached hydrogens (primary N) is 1. The number of para-hydroxylation sites is 1. The second-order valence-corrected chi connectivity index (χ2v) is 11.2. The van der Waals surface area contributed by atoms with Crippen molar-refractivity contribution in [3.63, 3.8) is 0 Å². The Hall–Kier alpha value is -1.73. The molecular formula is C24H39N3O3S. The predicted octanol–water partition coefficient (Wildman–Crippen LogP) is 4.14. The lowest BCUT2D eigenvalue weighted by molar-refractivity contribution is -0.132. The van der Waals surface area contributed by atoms with Crippen LogP contribution in [0.4, 0.5) is 0 Å². The first-order valence-corrected chi connectivity index (χ1v) is 11.9. The van der Waals surface area contributed by atoms with Gasteiger partial charge >= 0.3 is 0 Å². The van der Waals surface area contributed by atoms with E-state index in [1.807, 2.05) is 31.2 Å². The number of rotatable bonds is 6. The molecule has 3 rings (SSSR count). The zero-order valence-corrected chi connectivity index (χ0v) is 20.6. The Kier molecular flexibility index (Phi) is 8.83. The molecule has 2 amide bonds. The molecule has 4 N–H and O–H groups in total. The molecule has 0 spiro atoms. The van der Waals surface area contributed by atoms with Crippen LogP contribution in [0, 0.1) is 23.2 Å². The monoisotopic (exact) mass is 449 g/mol. The number of hydrogen-bond donors (Lipinski definition) is 3. The molecule has 7 heteroatoms. The molecule has 6 nitrogen and oxygen atoms in total. The number of nitrogens with one attached hydrogen (secondary N) is 2. The van der Waals surface area contributed by atoms with Gasteiger partial charge in [-0.1, -0.05) is 26.0 Å². The van der Waals surface area contributed by atoms with Crippen molar-refractivity contribution in [3.05, 3.63) is 24.3 Å². The van der Waals surface area contributed by atoms with Gasteiger partial charge in [-0.25, -0.2) is 0 Å². The Morgan fingerprint density at radius 1 is 1.26 bits per heavy atom. The van der Waals surface area contributed by atoms with E-state index in [1.54, 1.807) is 19.1 Å². The summed E-state index contributed by atoms with van der Waals surface area (Å²) in [4.78, 5) is 23.4. The summed E-state index contributed by atoms with van der Waals surface area (Å²) in [6.45, 7) is 10.6. The van der Waals surface area contributed by atoms with Gasteiger partial charge in [0.25, 0.3) is 0 Å². The Balaban J connectivity index is 0.000000225. The molecule has 2 fully saturated rings. The van der Waals surface area contributed by atoms with Gasteiger partial charge in [0.1, 0.15) is 5.75 Å². The van der Waals surface area contributed by atoms with Crippen LogP contribution in [-0.2, 0) is 9.59 Å². The Bertz CT molecular complexity index is 750. The lowest BCUT2D eigenvalue weighted by Gasteiger charge is -2.49. The average Bonchev–Trinajstić information content (AvgIpc) is 2.69. The average molecular weight is 450 g/mol. The summed E-state index contributed by atoms with van der Waals surface area (Å²) in [5, 5.41) is 2.93. The zero-order valence-electron chi connectivity index (χ0n) is 19.7. The molecule has 0 aromatic heterocycles. The maximum Gasteiger partial charge on any atom is 0.223 e. The minimum atomic E-state index is -0.378. The maximum atomic E-state index is 11.6. The maximum absolute atomic E-state index is 11.6. The van der Waals surface area contributed by atoms with Gasteiger partial charge in [-0.2, -0.15) is 0 Å². The van der Waals surface area contributed by atoms with Crippen LogP contribution in [0.1, 0.15) is 60.3 Å². The smallest absolute Gasteiger partial charge is 0.223 e. The van der Waals surface area contributed by atoms with Crippen molar-refractivity contribution in [2.24, 2.45) is 28.9 Å². The summed E-state index contributed by atoms with van der Waals surface area (Å²) in [6, 6.07) is 8.20. The third-order valence-corrected chi connectivity index (χ3v) is 7.58. The molecule has 2 aliphatic rings. The van der Waals surface area contributed by atoms with Crippen LogP contribution in [0.25, 0.3) is 0 Å². The molecule has 2 bridgehead atoms. The number of hydrogen-bond acceptors (Lipinski definition) is 5. The van der Waals surface area contributed by atoms with Crippen molar-refractivity contribution in [2.45, 2.75) is 76.8 Å². The highest BCUT2D eigenvalue weighted by Crippen LogP contribution is 2.50. The van der Waals surface area contributed by atoms with Crippen LogP contribution in [-0.4, -0.2) is 31.0 Å². The lowest BCUT2D eigenvalue weighted by atomic mass is 9.57. The summed E-state index contributed by atoms with van der Waals surface area (Å²) in [5.74, 6) is 2.22. The molecular weight excluding hydrogens is 410 g/mol. The van der Waals surface area contributed by atoms with Crippen molar-refractivity contribution >= 4 is 24.3 Å². The minimum absolute atomic E-state index is 0.103. The summed E-state index contributed by atoms with van der Waals surface area (Å²) in [7, 11) is 1.69. The van der Waals surface area contributed by atoms with Gasteiger partial charge in [0.05, 0.1) is 12.0 Å². The topological polar surface area (TPSA) is 93.5 Å². The molecule has 1 aromatic rings. The summed E-state index contributed by atoms with van der Waals surface area (Å²) in [6.07, 6.45) is 4.73. The van der Waals surface area contributed by atoms with Gasteiger partial charge in [-0.3, -0.25) is 14.3 Å². The van der Waals surface area contributed by atoms with Crippen molar-refractivity contribution in [1.82, 2.24) is 10.0 Å². The Morgan fingerprint density at radius 3 is 2.52 bits per heavy atom. The molecule has 0 saturated heterocycles. The fourth-order valence-corrected chi connectivity index (χ4v) is 5.79. The lowest BCUT2D eigenvalue weighted by Crippen LogP contribution is -2.53. The Labute approximate surface area is 191 Å². The molecule has 0 heterocycles. The summed E-state index contributed by atoms with van der Waals surface area (Å²) < 4.78 is 8.60. The fraction of sp³-hybridized carbons (Fsp3) is 0.667. The van der Waals surface area contributed by atoms with Crippen LogP contribution in [0.5, 0.6) is 5.75 Å². The number of fused-ring (bicyclic) bond motifs is 2. The first kappa shape index (κ1) is 25.5. The van der Waals surface area contributed by atoms with E-state index in [0.717, 1.165) is 42.7 Å².